The average Bonchev–Trinajstić information content (AvgIpc) is 3.40. The Morgan fingerprint density at radius 1 is 0.575 bits per heavy atom. The Kier molecular flexibility index (Phi) is 7.09. The Bertz CT molecular complexity index is 1570. The molecule has 1 heterocycles. The Labute approximate surface area is 233 Å². The molecule has 0 aromatic heterocycles. The van der Waals surface area contributed by atoms with E-state index in [1.165, 1.54) is 0 Å². The fourth-order valence-corrected chi connectivity index (χ4v) is 5.78. The summed E-state index contributed by atoms with van der Waals surface area (Å²) in [6, 6.07) is 47.0. The lowest BCUT2D eigenvalue weighted by Gasteiger charge is -2.34. The van der Waals surface area contributed by atoms with Crippen molar-refractivity contribution in [2.24, 2.45) is 5.92 Å². The van der Waals surface area contributed by atoms with Gasteiger partial charge in [0, 0.05) is 11.5 Å². The first-order chi connectivity index (χ1) is 19.7. The highest BCUT2D eigenvalue weighted by Gasteiger charge is 2.64. The van der Waals surface area contributed by atoms with E-state index in [0.717, 1.165) is 11.1 Å². The summed E-state index contributed by atoms with van der Waals surface area (Å²) in [6.45, 7) is 0. The molecule has 5 aromatic carbocycles. The van der Waals surface area contributed by atoms with E-state index in [1.807, 2.05) is 140 Å². The molecule has 0 unspecified atom stereocenters. The molecular formula is C36H28O4. The van der Waals surface area contributed by atoms with Crippen molar-refractivity contribution in [3.8, 4) is 5.75 Å². The molecule has 0 amide bonds. The average molecular weight is 525 g/mol. The first-order valence-corrected chi connectivity index (χ1v) is 13.4. The Morgan fingerprint density at radius 2 is 1.05 bits per heavy atom. The molecule has 196 valence electrons. The molecule has 0 saturated carbocycles. The van der Waals surface area contributed by atoms with Gasteiger partial charge in [0.25, 0.3) is 0 Å². The third-order valence-electron chi connectivity index (χ3n) is 7.54. The van der Waals surface area contributed by atoms with Crippen LogP contribution in [-0.4, -0.2) is 11.8 Å². The van der Waals surface area contributed by atoms with Crippen molar-refractivity contribution >= 4 is 11.8 Å². The molecule has 4 heteroatoms. The molecular weight excluding hydrogens is 496 g/mol. The normalized spacial score (nSPS) is 21.9. The van der Waals surface area contributed by atoms with Gasteiger partial charge in [-0.15, -0.1) is 0 Å². The second-order valence-corrected chi connectivity index (χ2v) is 9.90. The maximum atomic E-state index is 14.5. The number of carbonyl (C=O) groups is 2. The zero-order chi connectivity index (χ0) is 27.4. The maximum absolute atomic E-state index is 14.5. The quantitative estimate of drug-likeness (QED) is 0.125. The van der Waals surface area contributed by atoms with Crippen LogP contribution in [-0.2, 0) is 15.1 Å². The number of hydrogen-bond acceptors (Lipinski definition) is 4. The van der Waals surface area contributed by atoms with E-state index >= 15 is 0 Å². The first kappa shape index (κ1) is 25.5. The Morgan fingerprint density at radius 3 is 1.62 bits per heavy atom. The van der Waals surface area contributed by atoms with E-state index in [9.17, 15) is 9.59 Å². The summed E-state index contributed by atoms with van der Waals surface area (Å²) >= 11 is 0. The first-order valence-electron chi connectivity index (χ1n) is 13.4. The number of carbonyl (C=O) groups excluding carboxylic acids is 2. The molecule has 0 spiro atoms. The zero-order valence-corrected chi connectivity index (χ0v) is 21.8. The minimum atomic E-state index is -1.60. The van der Waals surface area contributed by atoms with Crippen LogP contribution >= 0.6 is 0 Å². The van der Waals surface area contributed by atoms with E-state index in [0.29, 0.717) is 16.9 Å². The van der Waals surface area contributed by atoms with Gasteiger partial charge in [-0.1, -0.05) is 140 Å². The second kappa shape index (κ2) is 11.1. The molecule has 0 bridgehead atoms. The van der Waals surface area contributed by atoms with Gasteiger partial charge in [-0.25, -0.2) is 4.79 Å². The summed E-state index contributed by atoms with van der Waals surface area (Å²) in [6.07, 6.45) is -0.706. The van der Waals surface area contributed by atoms with Crippen molar-refractivity contribution in [3.63, 3.8) is 0 Å². The van der Waals surface area contributed by atoms with Crippen LogP contribution in [0.5, 0.6) is 5.75 Å². The van der Waals surface area contributed by atoms with Crippen molar-refractivity contribution < 1.29 is 19.1 Å². The molecule has 0 N–H and O–H groups in total. The minimum Gasteiger partial charge on any atom is -0.424 e. The summed E-state index contributed by atoms with van der Waals surface area (Å²) in [5.74, 6) is -1.63. The number of rotatable bonds is 7. The number of para-hydroxylation sites is 1. The van der Waals surface area contributed by atoms with E-state index in [4.69, 9.17) is 9.47 Å². The lowest BCUT2D eigenvalue weighted by molar-refractivity contribution is -0.164. The molecule has 1 aliphatic rings. The van der Waals surface area contributed by atoms with Crippen LogP contribution in [0, 0.1) is 5.92 Å². The summed E-state index contributed by atoms with van der Waals surface area (Å²) < 4.78 is 13.0. The molecule has 0 aliphatic carbocycles. The highest BCUT2D eigenvalue weighted by atomic mass is 16.6. The van der Waals surface area contributed by atoms with E-state index in [-0.39, 0.29) is 5.78 Å². The molecule has 40 heavy (non-hydrogen) atoms. The third kappa shape index (κ3) is 4.63. The van der Waals surface area contributed by atoms with Gasteiger partial charge in [0.1, 0.15) is 5.75 Å². The Balaban J connectivity index is 1.61. The van der Waals surface area contributed by atoms with Crippen LogP contribution in [0.15, 0.2) is 152 Å². The fraction of sp³-hybridized carbons (Fsp3) is 0.111. The largest absolute Gasteiger partial charge is 0.424 e. The highest BCUT2D eigenvalue weighted by Crippen LogP contribution is 2.59. The van der Waals surface area contributed by atoms with Crippen molar-refractivity contribution in [2.75, 3.05) is 0 Å². The molecule has 1 aliphatic heterocycles. The van der Waals surface area contributed by atoms with Crippen molar-refractivity contribution in [1.82, 2.24) is 0 Å². The van der Waals surface area contributed by atoms with Gasteiger partial charge in [0.2, 0.25) is 0 Å². The fourth-order valence-electron chi connectivity index (χ4n) is 5.78. The second-order valence-electron chi connectivity index (χ2n) is 9.90. The molecule has 1 saturated heterocycles. The van der Waals surface area contributed by atoms with Crippen LogP contribution in [0.3, 0.4) is 0 Å². The van der Waals surface area contributed by atoms with Crippen LogP contribution < -0.4 is 4.74 Å². The predicted octanol–water partition coefficient (Wildman–Crippen LogP) is 7.54. The summed E-state index contributed by atoms with van der Waals surface area (Å²) in [7, 11) is 0. The minimum absolute atomic E-state index is 0.0892. The molecule has 5 aromatic rings. The molecule has 4 nitrogen and oxygen atoms in total. The predicted molar refractivity (Wildman–Crippen MR) is 154 cm³/mol. The van der Waals surface area contributed by atoms with Crippen LogP contribution in [0.1, 0.15) is 39.1 Å². The lowest BCUT2D eigenvalue weighted by Crippen LogP contribution is -2.44. The standard InChI is InChI=1S/C36H28O4/c37-33(27-18-8-2-9-19-27)31-32(26-16-6-1-7-17-26)36(29-22-12-4-13-23-29,35(38)39-30-24-14-5-15-25-30)40-34(31)28-20-10-3-11-21-28/h1-25,31-32,34H/t31-,32+,34-,36-/m1/s1. The SMILES string of the molecule is O=C(c1ccccc1)[C@@H]1[C@@H](c2ccccc2)O[C@](C(=O)Oc2ccccc2)(c2ccccc2)[C@H]1c1ccccc1. The van der Waals surface area contributed by atoms with Crippen molar-refractivity contribution in [2.45, 2.75) is 17.6 Å². The number of benzene rings is 5. The molecule has 6 rings (SSSR count). The lowest BCUT2D eigenvalue weighted by atomic mass is 9.69. The van der Waals surface area contributed by atoms with Gasteiger partial charge in [0.05, 0.1) is 12.0 Å². The van der Waals surface area contributed by atoms with Crippen LogP contribution in [0.25, 0.3) is 0 Å². The maximum Gasteiger partial charge on any atom is 0.349 e. The molecule has 0 radical (unpaired) electrons. The van der Waals surface area contributed by atoms with E-state index < -0.39 is 29.5 Å². The Hall–Kier alpha value is -4.80. The number of ether oxygens (including phenoxy) is 2. The zero-order valence-electron chi connectivity index (χ0n) is 21.8. The van der Waals surface area contributed by atoms with Gasteiger partial charge >= 0.3 is 5.97 Å². The van der Waals surface area contributed by atoms with Crippen molar-refractivity contribution in [1.29, 1.82) is 0 Å². The highest BCUT2D eigenvalue weighted by molar-refractivity contribution is 6.00. The number of Topliss-reactive ketones (excluding diaryl/α,β-unsaturated/α-hetero) is 1. The number of esters is 1. The summed E-state index contributed by atoms with van der Waals surface area (Å²) in [5.41, 5.74) is 1.24. The van der Waals surface area contributed by atoms with E-state index in [1.54, 1.807) is 12.1 Å². The smallest absolute Gasteiger partial charge is 0.349 e. The number of ketones is 1. The van der Waals surface area contributed by atoms with Gasteiger partial charge in [0.15, 0.2) is 11.4 Å². The van der Waals surface area contributed by atoms with Crippen LogP contribution in [0.4, 0.5) is 0 Å². The number of hydrogen-bond donors (Lipinski definition) is 0. The third-order valence-corrected chi connectivity index (χ3v) is 7.54. The summed E-state index contributed by atoms with van der Waals surface area (Å²) in [5, 5.41) is 0. The van der Waals surface area contributed by atoms with Gasteiger partial charge in [-0.2, -0.15) is 0 Å². The topological polar surface area (TPSA) is 52.6 Å². The van der Waals surface area contributed by atoms with Gasteiger partial charge in [-0.05, 0) is 28.8 Å². The summed E-state index contributed by atoms with van der Waals surface area (Å²) in [4.78, 5) is 29.0. The van der Waals surface area contributed by atoms with Gasteiger partial charge < -0.3 is 9.47 Å². The molecule has 1 fully saturated rings. The molecule has 4 atom stereocenters. The van der Waals surface area contributed by atoms with Crippen LogP contribution in [0.2, 0.25) is 0 Å². The van der Waals surface area contributed by atoms with E-state index in [2.05, 4.69) is 0 Å². The van der Waals surface area contributed by atoms with Gasteiger partial charge in [-0.3, -0.25) is 4.79 Å². The van der Waals surface area contributed by atoms with Crippen molar-refractivity contribution in [3.05, 3.63) is 174 Å². The monoisotopic (exact) mass is 524 g/mol.